The van der Waals surface area contributed by atoms with Crippen molar-refractivity contribution in [2.75, 3.05) is 13.1 Å². The smallest absolute Gasteiger partial charge is 0.0862 e. The molecular formula is C14H21NOS. The summed E-state index contributed by atoms with van der Waals surface area (Å²) in [6, 6.07) is 4.85. The van der Waals surface area contributed by atoms with E-state index in [2.05, 4.69) is 24.0 Å². The summed E-state index contributed by atoms with van der Waals surface area (Å²) in [5.74, 6) is 0. The lowest BCUT2D eigenvalue weighted by atomic mass is 9.89. The summed E-state index contributed by atoms with van der Waals surface area (Å²) in [6.07, 6.45) is 5.37. The lowest BCUT2D eigenvalue weighted by molar-refractivity contribution is 0.0148. The molecule has 2 unspecified atom stereocenters. The molecular weight excluding hydrogens is 230 g/mol. The molecule has 3 heterocycles. The molecule has 3 rings (SSSR count). The minimum atomic E-state index is -0.452. The van der Waals surface area contributed by atoms with Gasteiger partial charge >= 0.3 is 0 Å². The van der Waals surface area contributed by atoms with Crippen LogP contribution in [0.15, 0.2) is 12.1 Å². The lowest BCUT2D eigenvalue weighted by Crippen LogP contribution is -2.42. The van der Waals surface area contributed by atoms with E-state index in [1.807, 2.05) is 11.3 Å². The van der Waals surface area contributed by atoms with E-state index >= 15 is 0 Å². The van der Waals surface area contributed by atoms with Gasteiger partial charge in [-0.1, -0.05) is 6.92 Å². The molecule has 17 heavy (non-hydrogen) atoms. The van der Waals surface area contributed by atoms with Crippen LogP contribution >= 0.6 is 11.3 Å². The molecule has 0 aliphatic carbocycles. The molecule has 2 fully saturated rings. The van der Waals surface area contributed by atoms with Crippen molar-refractivity contribution < 1.29 is 5.11 Å². The zero-order valence-corrected chi connectivity index (χ0v) is 11.3. The minimum absolute atomic E-state index is 0.426. The largest absolute Gasteiger partial charge is 0.388 e. The Hall–Kier alpha value is -0.380. The molecule has 0 spiro atoms. The summed E-state index contributed by atoms with van der Waals surface area (Å²) in [4.78, 5) is 5.27. The first kappa shape index (κ1) is 11.7. The van der Waals surface area contributed by atoms with Crippen LogP contribution in [0.2, 0.25) is 0 Å². The highest BCUT2D eigenvalue weighted by Crippen LogP contribution is 2.39. The number of hydrogen-bond acceptors (Lipinski definition) is 3. The van der Waals surface area contributed by atoms with Crippen molar-refractivity contribution in [1.82, 2.24) is 4.90 Å². The molecule has 2 atom stereocenters. The van der Waals surface area contributed by atoms with Crippen LogP contribution in [0.3, 0.4) is 0 Å². The van der Waals surface area contributed by atoms with E-state index < -0.39 is 5.60 Å². The fraction of sp³-hybridized carbons (Fsp3) is 0.714. The zero-order valence-electron chi connectivity index (χ0n) is 10.5. The average molecular weight is 251 g/mol. The summed E-state index contributed by atoms with van der Waals surface area (Å²) in [5.41, 5.74) is -0.452. The molecule has 2 aliphatic heterocycles. The number of fused-ring (bicyclic) bond motifs is 1. The first-order valence-electron chi connectivity index (χ1n) is 6.75. The van der Waals surface area contributed by atoms with Crippen molar-refractivity contribution in [3.05, 3.63) is 21.9 Å². The summed E-state index contributed by atoms with van der Waals surface area (Å²) < 4.78 is 0. The molecule has 3 heteroatoms. The van der Waals surface area contributed by atoms with E-state index in [9.17, 15) is 5.11 Å². The highest BCUT2D eigenvalue weighted by molar-refractivity contribution is 7.12. The SMILES string of the molecule is CCc1ccc(CC2(O)CCN3CCCC32)s1. The third kappa shape index (κ3) is 2.05. The second-order valence-corrected chi connectivity index (χ2v) is 6.70. The third-order valence-electron chi connectivity index (χ3n) is 4.36. The van der Waals surface area contributed by atoms with Gasteiger partial charge in [0.1, 0.15) is 0 Å². The second kappa shape index (κ2) is 4.38. The Bertz CT molecular complexity index is 403. The number of aryl methyl sites for hydroxylation is 1. The Labute approximate surface area is 107 Å². The van der Waals surface area contributed by atoms with Crippen LogP contribution < -0.4 is 0 Å². The predicted molar refractivity (Wildman–Crippen MR) is 71.6 cm³/mol. The van der Waals surface area contributed by atoms with Crippen LogP contribution in [0, 0.1) is 0 Å². The summed E-state index contributed by atoms with van der Waals surface area (Å²) >= 11 is 1.87. The van der Waals surface area contributed by atoms with Crippen molar-refractivity contribution in [2.45, 2.75) is 50.7 Å². The van der Waals surface area contributed by atoms with Crippen LogP contribution in [0.5, 0.6) is 0 Å². The maximum atomic E-state index is 10.9. The number of thiophene rings is 1. The molecule has 1 aromatic heterocycles. The molecule has 2 saturated heterocycles. The molecule has 0 saturated carbocycles. The molecule has 0 amide bonds. The number of hydrogen-bond donors (Lipinski definition) is 1. The molecule has 2 aliphatic rings. The van der Waals surface area contributed by atoms with Gasteiger partial charge < -0.3 is 5.11 Å². The van der Waals surface area contributed by atoms with E-state index in [0.29, 0.717) is 6.04 Å². The number of nitrogens with zero attached hydrogens (tertiary/aromatic N) is 1. The van der Waals surface area contributed by atoms with Crippen LogP contribution in [-0.4, -0.2) is 34.7 Å². The first-order chi connectivity index (χ1) is 8.21. The normalized spacial score (nSPS) is 33.2. The quantitative estimate of drug-likeness (QED) is 0.892. The van der Waals surface area contributed by atoms with Crippen molar-refractivity contribution in [3.63, 3.8) is 0 Å². The van der Waals surface area contributed by atoms with Crippen LogP contribution in [0.25, 0.3) is 0 Å². The summed E-state index contributed by atoms with van der Waals surface area (Å²) in [7, 11) is 0. The second-order valence-electron chi connectivity index (χ2n) is 5.45. The van der Waals surface area contributed by atoms with Crippen LogP contribution in [0.1, 0.15) is 35.9 Å². The van der Waals surface area contributed by atoms with E-state index in [1.165, 1.54) is 29.1 Å². The van der Waals surface area contributed by atoms with Gasteiger partial charge in [-0.3, -0.25) is 4.90 Å². The van der Waals surface area contributed by atoms with E-state index in [4.69, 9.17) is 0 Å². The Morgan fingerprint density at radius 1 is 1.41 bits per heavy atom. The maximum Gasteiger partial charge on any atom is 0.0862 e. The topological polar surface area (TPSA) is 23.5 Å². The first-order valence-corrected chi connectivity index (χ1v) is 7.57. The highest BCUT2D eigenvalue weighted by Gasteiger charge is 2.47. The van der Waals surface area contributed by atoms with Gasteiger partial charge in [0.2, 0.25) is 0 Å². The van der Waals surface area contributed by atoms with Crippen LogP contribution in [-0.2, 0) is 12.8 Å². The van der Waals surface area contributed by atoms with Gasteiger partial charge in [-0.25, -0.2) is 0 Å². The zero-order chi connectivity index (χ0) is 11.9. The van der Waals surface area contributed by atoms with Crippen molar-refractivity contribution in [1.29, 1.82) is 0 Å². The van der Waals surface area contributed by atoms with Gasteiger partial charge in [0.05, 0.1) is 5.60 Å². The average Bonchev–Trinajstić information content (AvgIpc) is 2.98. The van der Waals surface area contributed by atoms with E-state index in [-0.39, 0.29) is 0 Å². The van der Waals surface area contributed by atoms with Gasteiger partial charge in [0.15, 0.2) is 0 Å². The monoisotopic (exact) mass is 251 g/mol. The number of rotatable bonds is 3. The molecule has 0 radical (unpaired) electrons. The van der Waals surface area contributed by atoms with Gasteiger partial charge in [0.25, 0.3) is 0 Å². The molecule has 1 N–H and O–H groups in total. The van der Waals surface area contributed by atoms with Gasteiger partial charge in [-0.15, -0.1) is 11.3 Å². The number of aliphatic hydroxyl groups is 1. The Kier molecular flexibility index (Phi) is 3.01. The molecule has 0 aromatic carbocycles. The lowest BCUT2D eigenvalue weighted by Gasteiger charge is -2.29. The fourth-order valence-corrected chi connectivity index (χ4v) is 4.50. The minimum Gasteiger partial charge on any atom is -0.388 e. The summed E-state index contributed by atoms with van der Waals surface area (Å²) in [5, 5.41) is 10.9. The van der Waals surface area contributed by atoms with E-state index in [1.54, 1.807) is 0 Å². The third-order valence-corrected chi connectivity index (χ3v) is 5.59. The van der Waals surface area contributed by atoms with Crippen molar-refractivity contribution in [3.8, 4) is 0 Å². The Morgan fingerprint density at radius 2 is 2.24 bits per heavy atom. The van der Waals surface area contributed by atoms with Gasteiger partial charge in [-0.2, -0.15) is 0 Å². The molecule has 94 valence electrons. The fourth-order valence-electron chi connectivity index (χ4n) is 3.42. The predicted octanol–water partition coefficient (Wildman–Crippen LogP) is 2.45. The van der Waals surface area contributed by atoms with Crippen molar-refractivity contribution >= 4 is 11.3 Å². The highest BCUT2D eigenvalue weighted by atomic mass is 32.1. The van der Waals surface area contributed by atoms with Gasteiger partial charge in [0, 0.05) is 28.8 Å². The van der Waals surface area contributed by atoms with Crippen molar-refractivity contribution in [2.24, 2.45) is 0 Å². The Balaban J connectivity index is 1.75. The van der Waals surface area contributed by atoms with Gasteiger partial charge in [-0.05, 0) is 44.4 Å². The standard InChI is InChI=1S/C14H21NOS/c1-2-11-5-6-12(17-11)10-14(16)7-9-15-8-3-4-13(14)15/h5-6,13,16H,2-4,7-10H2,1H3. The Morgan fingerprint density at radius 3 is 3.00 bits per heavy atom. The molecule has 2 nitrogen and oxygen atoms in total. The van der Waals surface area contributed by atoms with E-state index in [0.717, 1.165) is 25.8 Å². The molecule has 1 aromatic rings. The summed E-state index contributed by atoms with van der Waals surface area (Å²) in [6.45, 7) is 4.48. The maximum absolute atomic E-state index is 10.9. The van der Waals surface area contributed by atoms with Crippen LogP contribution in [0.4, 0.5) is 0 Å². The molecule has 0 bridgehead atoms.